The van der Waals surface area contributed by atoms with Crippen LogP contribution in [0, 0.1) is 0 Å². The summed E-state index contributed by atoms with van der Waals surface area (Å²) in [6, 6.07) is 0. The zero-order chi connectivity index (χ0) is 4.24. The highest BCUT2D eigenvalue weighted by atomic mass is 32.1. The van der Waals surface area contributed by atoms with Crippen molar-refractivity contribution in [3.05, 3.63) is 11.5 Å². The molecule has 1 rings (SSSR count). The van der Waals surface area contributed by atoms with Crippen molar-refractivity contribution in [2.24, 2.45) is 0 Å². The molecule has 0 spiro atoms. The molecule has 0 bridgehead atoms. The first-order valence-electron chi connectivity index (χ1n) is 2.12. The van der Waals surface area contributed by atoms with E-state index in [9.17, 15) is 0 Å². The average molecular weight is 99.2 g/mol. The lowest BCUT2D eigenvalue weighted by atomic mass is 10.3. The van der Waals surface area contributed by atoms with E-state index in [-0.39, 0.29) is 0 Å². The van der Waals surface area contributed by atoms with Crippen LogP contribution in [0.15, 0.2) is 11.5 Å². The molecule has 0 aliphatic carbocycles. The van der Waals surface area contributed by atoms with Gasteiger partial charge in [-0.2, -0.15) is 0 Å². The summed E-state index contributed by atoms with van der Waals surface area (Å²) in [6.07, 6.45) is 4.69. The van der Waals surface area contributed by atoms with Gasteiger partial charge in [-0.3, -0.25) is 0 Å². The lowest BCUT2D eigenvalue weighted by molar-refractivity contribution is 1.13. The van der Waals surface area contributed by atoms with Crippen LogP contribution in [-0.4, -0.2) is 5.37 Å². The summed E-state index contributed by atoms with van der Waals surface area (Å²) >= 11 is 1.79. The molecular formula is C5H7S+. The minimum absolute atomic E-state index is 1.24. The molecule has 0 aromatic rings. The monoisotopic (exact) mass is 99.0 g/mol. The van der Waals surface area contributed by atoms with Crippen LogP contribution in [0.25, 0.3) is 0 Å². The van der Waals surface area contributed by atoms with E-state index in [1.165, 1.54) is 12.8 Å². The fourth-order valence-electron chi connectivity index (χ4n) is 0.411. The van der Waals surface area contributed by atoms with Crippen LogP contribution in [-0.2, 0) is 11.4 Å². The lowest BCUT2D eigenvalue weighted by Gasteiger charge is -1.76. The fourth-order valence-corrected chi connectivity index (χ4v) is 1.04. The summed E-state index contributed by atoms with van der Waals surface area (Å²) in [4.78, 5) is 0. The van der Waals surface area contributed by atoms with Crippen LogP contribution >= 0.6 is 0 Å². The van der Waals surface area contributed by atoms with Gasteiger partial charge < -0.3 is 0 Å². The number of allylic oxidation sites excluding steroid dienone is 1. The largest absolute Gasteiger partial charge is 0.206 e. The Bertz CT molecular complexity index is 69.9. The summed E-state index contributed by atoms with van der Waals surface area (Å²) in [5.74, 6) is 0. The van der Waals surface area contributed by atoms with E-state index in [4.69, 9.17) is 0 Å². The number of rotatable bonds is 0. The Balaban J connectivity index is 2.46. The van der Waals surface area contributed by atoms with Crippen molar-refractivity contribution < 1.29 is 0 Å². The summed E-state index contributed by atoms with van der Waals surface area (Å²) in [6.45, 7) is 0. The minimum Gasteiger partial charge on any atom is -0.0263 e. The smallest absolute Gasteiger partial charge is 0.0263 e. The number of hydrogen-bond donors (Lipinski definition) is 0. The second-order valence-electron chi connectivity index (χ2n) is 1.25. The van der Waals surface area contributed by atoms with Gasteiger partial charge in [-0.25, -0.2) is 0 Å². The topological polar surface area (TPSA) is 0 Å². The van der Waals surface area contributed by atoms with Crippen molar-refractivity contribution in [2.45, 2.75) is 12.8 Å². The van der Waals surface area contributed by atoms with Crippen molar-refractivity contribution >= 4 is 16.7 Å². The third-order valence-electron chi connectivity index (χ3n) is 0.722. The first-order chi connectivity index (χ1) is 3.00. The quantitative estimate of drug-likeness (QED) is 0.316. The highest BCUT2D eigenvalue weighted by Crippen LogP contribution is 1.91. The molecule has 0 N–H and O–H groups in total. The predicted octanol–water partition coefficient (Wildman–Crippen LogP) is 1.18. The fraction of sp³-hybridized carbons (Fsp3) is 0.400. The van der Waals surface area contributed by atoms with Crippen molar-refractivity contribution in [1.29, 1.82) is 0 Å². The molecule has 0 fully saturated rings. The summed E-state index contributed by atoms with van der Waals surface area (Å²) in [5, 5.41) is 4.35. The summed E-state index contributed by atoms with van der Waals surface area (Å²) in [7, 11) is 0. The molecule has 0 aromatic heterocycles. The van der Waals surface area contributed by atoms with Crippen LogP contribution in [0.4, 0.5) is 0 Å². The Morgan fingerprint density at radius 2 is 2.33 bits per heavy atom. The van der Waals surface area contributed by atoms with Crippen LogP contribution in [0.3, 0.4) is 0 Å². The van der Waals surface area contributed by atoms with Gasteiger partial charge in [-0.1, -0.05) is 0 Å². The maximum Gasteiger partial charge on any atom is 0.206 e. The van der Waals surface area contributed by atoms with Gasteiger partial charge >= 0.3 is 0 Å². The van der Waals surface area contributed by atoms with Crippen LogP contribution in [0.1, 0.15) is 12.8 Å². The predicted molar refractivity (Wildman–Crippen MR) is 31.8 cm³/mol. The van der Waals surface area contributed by atoms with Crippen LogP contribution in [0.2, 0.25) is 0 Å². The minimum atomic E-state index is 1.24. The maximum atomic E-state index is 2.22. The van der Waals surface area contributed by atoms with Crippen LogP contribution in [0.5, 0.6) is 0 Å². The van der Waals surface area contributed by atoms with E-state index < -0.39 is 0 Å². The molecule has 0 atom stereocenters. The summed E-state index contributed by atoms with van der Waals surface area (Å²) < 4.78 is 0. The van der Waals surface area contributed by atoms with Gasteiger partial charge in [0.1, 0.15) is 0 Å². The molecule has 0 saturated heterocycles. The first kappa shape index (κ1) is 4.00. The molecule has 1 aliphatic heterocycles. The third-order valence-corrected chi connectivity index (χ3v) is 1.50. The molecule has 1 aliphatic rings. The molecule has 0 unspecified atom stereocenters. The SMILES string of the molecule is C1=C[S+]=CCC1. The lowest BCUT2D eigenvalue weighted by Crippen LogP contribution is -1.78. The molecule has 0 radical (unpaired) electrons. The normalized spacial score (nSPS) is 18.7. The van der Waals surface area contributed by atoms with Gasteiger partial charge in [0, 0.05) is 6.42 Å². The highest BCUT2D eigenvalue weighted by Gasteiger charge is 1.91. The zero-order valence-electron chi connectivity index (χ0n) is 3.55. The van der Waals surface area contributed by atoms with E-state index in [1.54, 1.807) is 11.4 Å². The molecule has 1 heterocycles. The summed E-state index contributed by atoms with van der Waals surface area (Å²) in [5.41, 5.74) is 0. The molecule has 0 saturated carbocycles. The van der Waals surface area contributed by atoms with E-state index >= 15 is 0 Å². The van der Waals surface area contributed by atoms with E-state index in [0.29, 0.717) is 0 Å². The van der Waals surface area contributed by atoms with Gasteiger partial charge in [0.25, 0.3) is 0 Å². The number of hydrogen-bond acceptors (Lipinski definition) is 0. The van der Waals surface area contributed by atoms with Crippen molar-refractivity contribution in [3.63, 3.8) is 0 Å². The zero-order valence-corrected chi connectivity index (χ0v) is 4.37. The molecule has 0 aromatic carbocycles. The first-order valence-corrected chi connectivity index (χ1v) is 3.06. The van der Waals surface area contributed by atoms with Crippen LogP contribution < -0.4 is 0 Å². The Hall–Kier alpha value is -0.170. The Morgan fingerprint density at radius 1 is 1.33 bits per heavy atom. The Kier molecular flexibility index (Phi) is 1.39. The molecule has 1 heteroatoms. The van der Waals surface area contributed by atoms with Gasteiger partial charge in [-0.15, -0.1) is 0 Å². The van der Waals surface area contributed by atoms with E-state index in [1.807, 2.05) is 0 Å². The molecule has 0 nitrogen and oxygen atoms in total. The maximum absolute atomic E-state index is 2.22. The average Bonchev–Trinajstić information content (AvgIpc) is 1.72. The standard InChI is InChI=1S/C5H7S/c1-2-4-6-5-3-1/h2,4-5H,1,3H2/q+1. The third kappa shape index (κ3) is 0.902. The second-order valence-corrected chi connectivity index (χ2v) is 2.13. The van der Waals surface area contributed by atoms with E-state index in [0.717, 1.165) is 0 Å². The second kappa shape index (κ2) is 2.08. The Morgan fingerprint density at radius 3 is 2.50 bits per heavy atom. The van der Waals surface area contributed by atoms with Gasteiger partial charge in [0.05, 0.1) is 0 Å². The van der Waals surface area contributed by atoms with Gasteiger partial charge in [0.15, 0.2) is 10.8 Å². The van der Waals surface area contributed by atoms with Gasteiger partial charge in [-0.05, 0) is 12.5 Å². The van der Waals surface area contributed by atoms with E-state index in [2.05, 4.69) is 16.9 Å². The Labute approximate surface area is 41.8 Å². The highest BCUT2D eigenvalue weighted by molar-refractivity contribution is 7.80. The molecule has 0 amide bonds. The van der Waals surface area contributed by atoms with Crippen molar-refractivity contribution in [1.82, 2.24) is 0 Å². The molecular weight excluding hydrogens is 92.1 g/mol. The molecule has 32 valence electrons. The van der Waals surface area contributed by atoms with Gasteiger partial charge in [0.2, 0.25) is 11.4 Å². The molecule has 6 heavy (non-hydrogen) atoms. The van der Waals surface area contributed by atoms with Crippen molar-refractivity contribution in [3.8, 4) is 0 Å². The van der Waals surface area contributed by atoms with Crippen molar-refractivity contribution in [2.75, 3.05) is 0 Å².